The molecule has 0 aliphatic heterocycles. The summed E-state index contributed by atoms with van der Waals surface area (Å²) >= 11 is 0. The molecule has 12 rings (SSSR count). The monoisotopic (exact) mass is 2180 g/mol. The summed E-state index contributed by atoms with van der Waals surface area (Å²) in [7, 11) is -8.08. The summed E-state index contributed by atoms with van der Waals surface area (Å²) in [6.45, 7) is 4.18. The number of carboxylic acids is 3. The molecule has 0 bridgehead atoms. The molecule has 0 saturated heterocycles. The van der Waals surface area contributed by atoms with Crippen molar-refractivity contribution in [2.75, 3.05) is 0 Å². The summed E-state index contributed by atoms with van der Waals surface area (Å²) in [5, 5.41) is 32.9. The van der Waals surface area contributed by atoms with Crippen LogP contribution in [0.15, 0.2) is 157 Å². The molecule has 0 amide bonds. The first-order chi connectivity index (χ1) is 58.3. The number of hydrogen-bond donors (Lipinski definition) is 4. The van der Waals surface area contributed by atoms with E-state index in [0.717, 1.165) is 267 Å². The second-order valence-corrected chi connectivity index (χ2v) is 42.0. The first-order valence-electron chi connectivity index (χ1n) is 41.7. The maximum atomic E-state index is 15.0. The Hall–Kier alpha value is -5.12. The molecule has 6 fully saturated rings. The van der Waals surface area contributed by atoms with Crippen molar-refractivity contribution < 1.29 is 241 Å². The van der Waals surface area contributed by atoms with Crippen LogP contribution in [0.1, 0.15) is 258 Å². The predicted molar refractivity (Wildman–Crippen MR) is 461 cm³/mol. The van der Waals surface area contributed by atoms with Gasteiger partial charge in [0.25, 0.3) is 23.7 Å². The Labute approximate surface area is 825 Å². The minimum Gasteiger partial charge on any atom is -0.504 e. The van der Waals surface area contributed by atoms with Gasteiger partial charge in [0.15, 0.2) is 0 Å². The third-order valence-electron chi connectivity index (χ3n) is 22.7. The summed E-state index contributed by atoms with van der Waals surface area (Å²) < 4.78 is 264. The van der Waals surface area contributed by atoms with E-state index in [-0.39, 0.29) is 148 Å². The van der Waals surface area contributed by atoms with Gasteiger partial charge in [-0.2, -0.15) is 79.0 Å². The van der Waals surface area contributed by atoms with Crippen molar-refractivity contribution in [3.8, 4) is 33.4 Å². The van der Waals surface area contributed by atoms with Crippen LogP contribution in [0.4, 0.5) is 79.0 Å². The van der Waals surface area contributed by atoms with E-state index < -0.39 is 129 Å². The molecule has 0 spiro atoms. The van der Waals surface area contributed by atoms with E-state index in [0.29, 0.717) is 0 Å². The predicted octanol–water partition coefficient (Wildman–Crippen LogP) is 28.8. The number of hydrogen-bond acceptors (Lipinski definition) is 10. The number of carbonyl (C=O) groups excluding carboxylic acids is 3. The van der Waals surface area contributed by atoms with Gasteiger partial charge >= 0.3 is 37.1 Å². The van der Waals surface area contributed by atoms with Crippen molar-refractivity contribution in [3.05, 3.63) is 174 Å². The van der Waals surface area contributed by atoms with E-state index in [4.69, 9.17) is 34.8 Å². The number of carbonyl (C=O) groups is 6. The number of aliphatic hydroxyl groups excluding tert-OH is 1. The number of carboxylic acid groups (broad SMARTS) is 3. The number of benzene rings is 6. The van der Waals surface area contributed by atoms with Crippen molar-refractivity contribution in [3.63, 3.8) is 0 Å². The molecule has 13 nitrogen and oxygen atoms in total. The second-order valence-electron chi connectivity index (χ2n) is 31.9. The Morgan fingerprint density at radius 3 is 0.636 bits per heavy atom. The van der Waals surface area contributed by atoms with Gasteiger partial charge in [-0.05, 0) is 154 Å². The van der Waals surface area contributed by atoms with Crippen LogP contribution in [0.5, 0.6) is 0 Å². The zero-order valence-electron chi connectivity index (χ0n) is 70.7. The van der Waals surface area contributed by atoms with Crippen molar-refractivity contribution in [2.45, 2.75) is 313 Å². The molecule has 4 N–H and O–H groups in total. The van der Waals surface area contributed by atoms with E-state index in [9.17, 15) is 107 Å². The Morgan fingerprint density at radius 2 is 0.488 bits per heavy atom. The van der Waals surface area contributed by atoms with Gasteiger partial charge < -0.3 is 34.1 Å². The number of alkyl halides is 18. The number of ketones is 3. The standard InChI is InChI=1S/3C25H30F3OP.C5H2F6O2.C5H5F3O2.3C2H4O2.2CH4.2Eu/c3*26-25(27,28)20-17-15-19(16-18-20)23-13-7-8-14-24(23)30(29,21-9-3-1-4-10-21)22-11-5-2-6-12-22;6-4(7,8)2(12)1-3(13)5(9,10)11;1-3(9)2-4(10)5(6,7)8;3*1-2(3)4;;;;/h3*7-8,13-18,21-22H,1-6,9-12H2;1,12H;2H2,1H3;3*1H3,(H,3,4);2*1H4;;. The Balaban J connectivity index is 0.000000807. The molecule has 6 aromatic rings. The molecular formula is C93H117Eu2F18O13P3. The molecule has 129 heavy (non-hydrogen) atoms. The van der Waals surface area contributed by atoms with Crippen LogP contribution >= 0.6 is 21.4 Å². The van der Waals surface area contributed by atoms with Gasteiger partial charge in [-0.25, -0.2) is 0 Å². The van der Waals surface area contributed by atoms with E-state index in [2.05, 4.69) is 0 Å². The number of Topliss-reactive ketones (excluding diaryl/α,β-unsaturated/α-hetero) is 2. The maximum absolute atomic E-state index is 15.0. The molecule has 6 aromatic carbocycles. The van der Waals surface area contributed by atoms with Crippen LogP contribution in [0.3, 0.4) is 0 Å². The summed E-state index contributed by atoms with van der Waals surface area (Å²) in [4.78, 5) is 56.8. The quantitative estimate of drug-likeness (QED) is 0.0246. The molecule has 0 atom stereocenters. The molecule has 6 aliphatic rings. The third-order valence-corrected chi connectivity index (χ3v) is 35.7. The zero-order chi connectivity index (χ0) is 93.5. The van der Waals surface area contributed by atoms with Gasteiger partial charge in [-0.1, -0.05) is 240 Å². The summed E-state index contributed by atoms with van der Waals surface area (Å²) in [5.41, 5.74) is 4.08. The first-order valence-corrected chi connectivity index (χ1v) is 47.2. The number of aliphatic hydroxyl groups is 1. The SMILES string of the molecule is C.C.CC(=O)CC(=O)C(F)(F)F.CC(=O)O.CC(=O)O.CC(=O)O.O=C(C=C(O)C(F)(F)F)C(F)(F)F.O=P(c1ccccc1-c1ccc(C(F)(F)F)cc1)(C1CCCCC1)C1CCCCC1.O=P(c1ccccc1-c1ccc(C(F)(F)F)cc1)(C1CCCCC1)C1CCCCC1.O=P(c1ccccc1-c1ccc(C(F)(F)F)cc1)(C1CCCCC1)C1CCCCC1.[Eu].[Eu]. The van der Waals surface area contributed by atoms with E-state index >= 15 is 0 Å². The molecule has 722 valence electrons. The normalized spacial score (nSPS) is 16.7. The van der Waals surface area contributed by atoms with E-state index in [1.165, 1.54) is 74.9 Å². The van der Waals surface area contributed by atoms with Crippen LogP contribution in [0, 0.1) is 98.8 Å². The van der Waals surface area contributed by atoms with Crippen molar-refractivity contribution >= 4 is 72.6 Å². The fourth-order valence-corrected chi connectivity index (χ4v) is 30.7. The zero-order valence-corrected chi connectivity index (χ0v) is 78.2. The van der Waals surface area contributed by atoms with Crippen LogP contribution < -0.4 is 15.9 Å². The number of halogens is 18. The fraction of sp³-hybridized carbons (Fsp3) is 0.527. The Bertz CT molecular complexity index is 4150. The Kier molecular flexibility index (Phi) is 53.3. The molecule has 36 heteroatoms. The van der Waals surface area contributed by atoms with Crippen LogP contribution in [-0.2, 0) is 61.0 Å². The molecule has 6 aliphatic carbocycles. The average molecular weight is 2180 g/mol. The molecule has 6 saturated carbocycles. The van der Waals surface area contributed by atoms with Gasteiger partial charge in [0.2, 0.25) is 11.5 Å². The molecule has 0 aromatic heterocycles. The number of rotatable bonds is 15. The van der Waals surface area contributed by atoms with Gasteiger partial charge in [-0.15, -0.1) is 0 Å². The van der Waals surface area contributed by atoms with Gasteiger partial charge in [0.05, 0.1) is 23.1 Å². The van der Waals surface area contributed by atoms with Crippen molar-refractivity contribution in [1.82, 2.24) is 0 Å². The van der Waals surface area contributed by atoms with Gasteiger partial charge in [-0.3, -0.25) is 28.8 Å². The minimum absolute atomic E-state index is 0. The third kappa shape index (κ3) is 38.5. The smallest absolute Gasteiger partial charge is 0.454 e. The fourth-order valence-electron chi connectivity index (χ4n) is 17.1. The van der Waals surface area contributed by atoms with Crippen LogP contribution in [0.2, 0.25) is 0 Å². The molecule has 0 unspecified atom stereocenters. The maximum Gasteiger partial charge on any atom is 0.454 e. The molecule has 2 radical (unpaired) electrons. The number of allylic oxidation sites excluding steroid dienone is 2. The number of aliphatic carboxylic acids is 3. The van der Waals surface area contributed by atoms with Crippen LogP contribution in [0.25, 0.3) is 33.4 Å². The summed E-state index contributed by atoms with van der Waals surface area (Å²) in [5.74, 6) is -10.6. The van der Waals surface area contributed by atoms with Gasteiger partial charge in [0, 0.05) is 175 Å². The summed E-state index contributed by atoms with van der Waals surface area (Å²) in [6, 6.07) is 39.4. The minimum atomic E-state index is -5.42. The molecule has 0 heterocycles. The van der Waals surface area contributed by atoms with Crippen molar-refractivity contribution in [2.24, 2.45) is 0 Å². The van der Waals surface area contributed by atoms with Crippen LogP contribution in [-0.4, -0.2) is 108 Å². The van der Waals surface area contributed by atoms with Crippen molar-refractivity contribution in [1.29, 1.82) is 0 Å². The Morgan fingerprint density at radius 1 is 0.302 bits per heavy atom. The molecular weight excluding hydrogens is 2060 g/mol. The average Bonchev–Trinajstić information content (AvgIpc) is 0.760. The first kappa shape index (κ1) is 122. The van der Waals surface area contributed by atoms with Gasteiger partial charge in [0.1, 0.15) is 27.2 Å². The topological polar surface area (TPSA) is 235 Å². The largest absolute Gasteiger partial charge is 0.504 e. The summed E-state index contributed by atoms with van der Waals surface area (Å²) in [6.07, 6.45) is 2.26. The van der Waals surface area contributed by atoms with E-state index in [1.54, 1.807) is 0 Å². The second kappa shape index (κ2) is 56.4. The van der Waals surface area contributed by atoms with E-state index in [1.807, 2.05) is 72.8 Å².